The average Bonchev–Trinajstić information content (AvgIpc) is 3.55. The minimum absolute atomic E-state index is 0.0504. The molecule has 3 aliphatic rings. The molecule has 7 rings (SSSR count). The van der Waals surface area contributed by atoms with E-state index in [0.29, 0.717) is 66.3 Å². The van der Waals surface area contributed by atoms with Gasteiger partial charge in [-0.25, -0.2) is 15.0 Å². The number of piperazine rings is 1. The maximum Gasteiger partial charge on any atom is 0.248 e. The van der Waals surface area contributed by atoms with Crippen molar-refractivity contribution in [3.05, 3.63) is 64.4 Å². The van der Waals surface area contributed by atoms with Crippen molar-refractivity contribution >= 4 is 56.2 Å². The molecular formula is C36H36BrN9O4. The number of rotatable bonds is 8. The lowest BCUT2D eigenvalue weighted by molar-refractivity contribution is -0.138. The van der Waals surface area contributed by atoms with Gasteiger partial charge in [0.2, 0.25) is 17.7 Å². The van der Waals surface area contributed by atoms with Gasteiger partial charge in [-0.15, -0.1) is 0 Å². The highest BCUT2D eigenvalue weighted by Gasteiger charge is 2.59. The number of anilines is 1. The zero-order valence-electron chi connectivity index (χ0n) is 28.2. The van der Waals surface area contributed by atoms with Gasteiger partial charge in [0.05, 0.1) is 10.9 Å². The first-order chi connectivity index (χ1) is 23.9. The molecule has 256 valence electrons. The van der Waals surface area contributed by atoms with E-state index in [4.69, 9.17) is 0 Å². The maximum atomic E-state index is 14.4. The lowest BCUT2D eigenvalue weighted by Crippen LogP contribution is -2.56. The Morgan fingerprint density at radius 2 is 1.74 bits per heavy atom. The van der Waals surface area contributed by atoms with E-state index in [9.17, 15) is 19.2 Å². The molecule has 1 aliphatic carbocycles. The van der Waals surface area contributed by atoms with Crippen molar-refractivity contribution in [2.24, 2.45) is 5.41 Å². The van der Waals surface area contributed by atoms with E-state index < -0.39 is 17.5 Å². The number of amides is 3. The minimum Gasteiger partial charge on any atom is -0.340 e. The van der Waals surface area contributed by atoms with Gasteiger partial charge in [-0.1, -0.05) is 24.0 Å². The SMILES string of the molecule is CC(=O)c1nn(CC(=O)N2[C@H](C(=O)Nc3nc(Br)ccc3C)C[C@@]3(CN4CCN(C(C)=O)CC4)C#C[C@@H]23)c2ccc(-c3cnc(C)nc3)cc12. The van der Waals surface area contributed by atoms with Crippen molar-refractivity contribution in [1.82, 2.24) is 39.4 Å². The van der Waals surface area contributed by atoms with Gasteiger partial charge in [0.15, 0.2) is 5.78 Å². The zero-order valence-corrected chi connectivity index (χ0v) is 29.8. The largest absolute Gasteiger partial charge is 0.340 e. The van der Waals surface area contributed by atoms with Crippen LogP contribution < -0.4 is 5.32 Å². The first-order valence-electron chi connectivity index (χ1n) is 16.5. The van der Waals surface area contributed by atoms with E-state index in [-0.39, 0.29) is 35.7 Å². The number of Topliss-reactive ketones (excluding diaryl/α,β-unsaturated/α-hetero) is 1. The van der Waals surface area contributed by atoms with Crippen LogP contribution in [0.1, 0.15) is 42.1 Å². The number of aryl methyl sites for hydroxylation is 2. The van der Waals surface area contributed by atoms with Crippen molar-refractivity contribution in [3.63, 3.8) is 0 Å². The zero-order chi connectivity index (χ0) is 35.3. The first kappa shape index (κ1) is 33.5. The molecule has 0 spiro atoms. The minimum atomic E-state index is -0.837. The summed E-state index contributed by atoms with van der Waals surface area (Å²) in [6.07, 6.45) is 3.80. The van der Waals surface area contributed by atoms with Gasteiger partial charge in [0.1, 0.15) is 40.6 Å². The van der Waals surface area contributed by atoms with Gasteiger partial charge >= 0.3 is 0 Å². The van der Waals surface area contributed by atoms with E-state index >= 15 is 0 Å². The van der Waals surface area contributed by atoms with Crippen LogP contribution in [0.4, 0.5) is 5.82 Å². The third kappa shape index (κ3) is 6.16. The molecule has 1 aromatic carbocycles. The number of halogens is 1. The number of nitrogens with zero attached hydrogens (tertiary/aromatic N) is 8. The molecule has 3 amide bonds. The van der Waals surface area contributed by atoms with Gasteiger partial charge in [-0.3, -0.25) is 28.8 Å². The molecule has 2 saturated heterocycles. The summed E-state index contributed by atoms with van der Waals surface area (Å²) in [5, 5.41) is 8.17. The summed E-state index contributed by atoms with van der Waals surface area (Å²) in [5.74, 6) is 6.74. The van der Waals surface area contributed by atoms with Crippen molar-refractivity contribution in [2.75, 3.05) is 38.0 Å². The topological polar surface area (TPSA) is 147 Å². The molecule has 14 heteroatoms. The number of hydrogen-bond donors (Lipinski definition) is 1. The standard InChI is InChI=1S/C36H36BrN9O4/c1-21-5-8-31(37)40-34(21)41-35(50)29-16-36(20-43-11-13-44(14-12-43)24(4)48)10-9-30(36)46(29)32(49)19-45-28-7-6-25(26-17-38-23(3)39-18-26)15-27(28)33(42-45)22(2)47/h5-8,15,17-18,29-30H,11-14,16,19-20H2,1-4H3,(H,40,41,50)/t29-,30+,36+/m0/s1. The summed E-state index contributed by atoms with van der Waals surface area (Å²) >= 11 is 3.38. The molecule has 3 aromatic heterocycles. The molecule has 5 heterocycles. The summed E-state index contributed by atoms with van der Waals surface area (Å²) in [5.41, 5.74) is 2.64. The Morgan fingerprint density at radius 1 is 1.00 bits per heavy atom. The molecule has 0 radical (unpaired) electrons. The van der Waals surface area contributed by atoms with Crippen molar-refractivity contribution in [2.45, 2.75) is 52.7 Å². The number of benzene rings is 1. The fourth-order valence-corrected chi connectivity index (χ4v) is 7.44. The van der Waals surface area contributed by atoms with E-state index in [1.54, 1.807) is 30.3 Å². The van der Waals surface area contributed by atoms with Gasteiger partial charge in [-0.05, 0) is 65.5 Å². The first-order valence-corrected chi connectivity index (χ1v) is 17.3. The Balaban J connectivity index is 1.19. The number of fused-ring (bicyclic) bond motifs is 2. The van der Waals surface area contributed by atoms with Crippen LogP contribution in [0.3, 0.4) is 0 Å². The molecular weight excluding hydrogens is 702 g/mol. The molecule has 0 unspecified atom stereocenters. The number of carbonyl (C=O) groups excluding carboxylic acids is 4. The van der Waals surface area contributed by atoms with Crippen LogP contribution in [-0.2, 0) is 20.9 Å². The Bertz CT molecular complexity index is 2110. The second-order valence-electron chi connectivity index (χ2n) is 13.2. The van der Waals surface area contributed by atoms with E-state index in [1.165, 1.54) is 11.6 Å². The maximum absolute atomic E-state index is 14.4. The lowest BCUT2D eigenvalue weighted by atomic mass is 9.73. The number of aromatic nitrogens is 5. The molecule has 0 bridgehead atoms. The molecule has 3 atom stereocenters. The Morgan fingerprint density at radius 3 is 2.40 bits per heavy atom. The van der Waals surface area contributed by atoms with Crippen LogP contribution in [0, 0.1) is 31.1 Å². The molecule has 50 heavy (non-hydrogen) atoms. The normalized spacial score (nSPS) is 21.3. The second kappa shape index (κ2) is 13.0. The Hall–Kier alpha value is -5.00. The quantitative estimate of drug-likeness (QED) is 0.164. The van der Waals surface area contributed by atoms with Gasteiger partial charge in [-0.2, -0.15) is 5.10 Å². The molecule has 1 N–H and O–H groups in total. The molecule has 2 aliphatic heterocycles. The Labute approximate surface area is 297 Å². The smallest absolute Gasteiger partial charge is 0.248 e. The predicted molar refractivity (Wildman–Crippen MR) is 189 cm³/mol. The van der Waals surface area contributed by atoms with Gasteiger partial charge < -0.3 is 15.1 Å². The highest BCUT2D eigenvalue weighted by Crippen LogP contribution is 2.46. The molecule has 4 aromatic rings. The third-order valence-electron chi connectivity index (χ3n) is 9.85. The monoisotopic (exact) mass is 737 g/mol. The fraction of sp³-hybridized carbons (Fsp3) is 0.389. The van der Waals surface area contributed by atoms with Gasteiger partial charge in [0, 0.05) is 69.9 Å². The van der Waals surface area contributed by atoms with E-state index in [1.807, 2.05) is 43.0 Å². The van der Waals surface area contributed by atoms with Gasteiger partial charge in [0.25, 0.3) is 0 Å². The van der Waals surface area contributed by atoms with Crippen molar-refractivity contribution in [3.8, 4) is 23.0 Å². The molecule has 2 fully saturated rings. The summed E-state index contributed by atoms with van der Waals surface area (Å²) < 4.78 is 2.11. The van der Waals surface area contributed by atoms with E-state index in [0.717, 1.165) is 16.7 Å². The van der Waals surface area contributed by atoms with Crippen LogP contribution >= 0.6 is 15.9 Å². The predicted octanol–water partition coefficient (Wildman–Crippen LogP) is 3.25. The van der Waals surface area contributed by atoms with Crippen molar-refractivity contribution in [1.29, 1.82) is 0 Å². The van der Waals surface area contributed by atoms with Crippen LogP contribution in [0.15, 0.2) is 47.3 Å². The number of ketones is 1. The second-order valence-corrected chi connectivity index (χ2v) is 14.0. The third-order valence-corrected chi connectivity index (χ3v) is 10.3. The molecule has 13 nitrogen and oxygen atoms in total. The van der Waals surface area contributed by atoms with Crippen LogP contribution in [0.2, 0.25) is 0 Å². The summed E-state index contributed by atoms with van der Waals surface area (Å²) in [6.45, 7) is 9.68. The van der Waals surface area contributed by atoms with Crippen LogP contribution in [0.25, 0.3) is 22.0 Å². The van der Waals surface area contributed by atoms with Crippen LogP contribution in [0.5, 0.6) is 0 Å². The fourth-order valence-electron chi connectivity index (χ4n) is 7.13. The highest BCUT2D eigenvalue weighted by molar-refractivity contribution is 9.10. The van der Waals surface area contributed by atoms with Crippen LogP contribution in [-0.4, -0.2) is 108 Å². The van der Waals surface area contributed by atoms with Crippen molar-refractivity contribution < 1.29 is 19.2 Å². The number of hydrogen-bond acceptors (Lipinski definition) is 9. The number of pyridine rings is 1. The molecule has 0 saturated carbocycles. The van der Waals surface area contributed by atoms with E-state index in [2.05, 4.69) is 58.0 Å². The summed E-state index contributed by atoms with van der Waals surface area (Å²) in [6, 6.07) is 7.91. The number of nitrogens with one attached hydrogen (secondary N) is 1. The Kier molecular flexibility index (Phi) is 8.73. The highest BCUT2D eigenvalue weighted by atomic mass is 79.9. The number of likely N-dealkylation sites (tertiary alicyclic amines) is 1. The lowest BCUT2D eigenvalue weighted by Gasteiger charge is -2.42. The summed E-state index contributed by atoms with van der Waals surface area (Å²) in [4.78, 5) is 71.9. The average molecular weight is 739 g/mol. The number of carbonyl (C=O) groups is 4. The summed E-state index contributed by atoms with van der Waals surface area (Å²) in [7, 11) is 0.